The minimum atomic E-state index is -4.88. The van der Waals surface area contributed by atoms with Crippen LogP contribution in [0.1, 0.15) is 32.3 Å². The molecule has 2 fully saturated rings. The molecule has 13 heteroatoms. The molecule has 0 bridgehead atoms. The number of rotatable bonds is 5. The number of carbonyl (C=O) groups is 2. The highest BCUT2D eigenvalue weighted by molar-refractivity contribution is 5.98. The zero-order chi connectivity index (χ0) is 28.9. The molecule has 2 aromatic rings. The second-order valence-electron chi connectivity index (χ2n) is 10.1. The molecule has 0 saturated carbocycles. The number of ether oxygens (including phenoxy) is 2. The van der Waals surface area contributed by atoms with Crippen LogP contribution in [0.2, 0.25) is 0 Å². The lowest BCUT2D eigenvalue weighted by Crippen LogP contribution is -2.54. The van der Waals surface area contributed by atoms with Crippen LogP contribution in [-0.2, 0) is 14.3 Å². The van der Waals surface area contributed by atoms with Crippen LogP contribution in [-0.4, -0.2) is 72.9 Å². The Kier molecular flexibility index (Phi) is 7.60. The van der Waals surface area contributed by atoms with Crippen LogP contribution in [0.15, 0.2) is 30.5 Å². The van der Waals surface area contributed by atoms with Gasteiger partial charge in [-0.3, -0.25) is 19.4 Å². The van der Waals surface area contributed by atoms with Crippen molar-refractivity contribution in [1.29, 1.82) is 0 Å². The van der Waals surface area contributed by atoms with Gasteiger partial charge in [-0.05, 0) is 33.0 Å². The summed E-state index contributed by atoms with van der Waals surface area (Å²) in [7, 11) is 2.87. The van der Waals surface area contributed by atoms with Crippen molar-refractivity contribution in [3.63, 3.8) is 0 Å². The Morgan fingerprint density at radius 3 is 2.56 bits per heavy atom. The van der Waals surface area contributed by atoms with E-state index in [0.717, 1.165) is 26.2 Å². The normalized spacial score (nSPS) is 28.1. The second-order valence-corrected chi connectivity index (χ2v) is 10.1. The highest BCUT2D eigenvalue weighted by Gasteiger charge is 2.66. The molecular formula is C26H29F5N4O4. The molecule has 212 valence electrons. The van der Waals surface area contributed by atoms with Crippen molar-refractivity contribution in [3.8, 4) is 5.75 Å². The fourth-order valence-corrected chi connectivity index (χ4v) is 5.08. The first kappa shape index (κ1) is 28.7. The fourth-order valence-electron chi connectivity index (χ4n) is 5.08. The number of alkyl halides is 3. The number of methoxy groups -OCH3 is 1. The van der Waals surface area contributed by atoms with Crippen molar-refractivity contribution in [2.75, 3.05) is 37.5 Å². The van der Waals surface area contributed by atoms with Gasteiger partial charge < -0.3 is 14.8 Å². The summed E-state index contributed by atoms with van der Waals surface area (Å²) in [5.74, 6) is -6.85. The number of anilines is 2. The van der Waals surface area contributed by atoms with Crippen LogP contribution in [0, 0.1) is 17.6 Å². The molecule has 2 aliphatic heterocycles. The minimum absolute atomic E-state index is 0.0445. The molecule has 8 nitrogen and oxygen atoms in total. The number of hydrogen-bond donors (Lipinski definition) is 1. The highest BCUT2D eigenvalue weighted by Crippen LogP contribution is 2.55. The van der Waals surface area contributed by atoms with E-state index in [2.05, 4.69) is 10.3 Å². The topological polar surface area (TPSA) is 84.0 Å². The number of benzene rings is 1. The molecule has 4 rings (SSSR count). The molecule has 0 spiro atoms. The quantitative estimate of drug-likeness (QED) is 0.559. The Labute approximate surface area is 222 Å². The third kappa shape index (κ3) is 5.05. The lowest BCUT2D eigenvalue weighted by molar-refractivity contribution is -0.272. The zero-order valence-electron chi connectivity index (χ0n) is 22.0. The van der Waals surface area contributed by atoms with E-state index in [0.29, 0.717) is 6.54 Å². The minimum Gasteiger partial charge on any atom is -0.493 e. The summed E-state index contributed by atoms with van der Waals surface area (Å²) in [6.07, 6.45) is -5.27. The number of pyridine rings is 1. The molecule has 0 aliphatic carbocycles. The van der Waals surface area contributed by atoms with Gasteiger partial charge in [-0.15, -0.1) is 0 Å². The molecular weight excluding hydrogens is 527 g/mol. The average Bonchev–Trinajstić information content (AvgIpc) is 3.15. The Morgan fingerprint density at radius 1 is 1.23 bits per heavy atom. The average molecular weight is 557 g/mol. The van der Waals surface area contributed by atoms with Crippen molar-refractivity contribution >= 4 is 23.3 Å². The summed E-state index contributed by atoms with van der Waals surface area (Å²) in [6.45, 7) is 4.51. The van der Waals surface area contributed by atoms with Gasteiger partial charge in [0.2, 0.25) is 11.7 Å². The number of nitrogens with one attached hydrogen (secondary N) is 1. The van der Waals surface area contributed by atoms with E-state index in [1.54, 1.807) is 0 Å². The second kappa shape index (κ2) is 10.3. The standard InChI is InChI=1S/C26H29F5N4O4/c1-13-11-35(19(36)12-34(13)4)18-10-15(8-9-32-18)33-24(37)23-20(14(2)25(3,39-23)26(29,30)31)16-6-7-17(27)21(28)22(16)38-5/h6-10,13-14,20,23H,11-12H2,1-5H3,(H,32,33,37)/t13-,14-,20-,23+,25+/m0/s1. The number of carbonyl (C=O) groups excluding carboxylic acids is 2. The van der Waals surface area contributed by atoms with Crippen LogP contribution < -0.4 is 15.0 Å². The third-order valence-electron chi connectivity index (χ3n) is 7.75. The van der Waals surface area contributed by atoms with E-state index in [9.17, 15) is 31.5 Å². The molecule has 0 unspecified atom stereocenters. The van der Waals surface area contributed by atoms with Crippen molar-refractivity contribution in [2.24, 2.45) is 5.92 Å². The summed E-state index contributed by atoms with van der Waals surface area (Å²) in [5.41, 5.74) is -2.75. The first-order valence-electron chi connectivity index (χ1n) is 12.2. The summed E-state index contributed by atoms with van der Waals surface area (Å²) in [6, 6.07) is 4.75. The van der Waals surface area contributed by atoms with Gasteiger partial charge in [0.1, 0.15) is 11.9 Å². The molecule has 2 saturated heterocycles. The maximum Gasteiger partial charge on any atom is 0.417 e. The third-order valence-corrected chi connectivity index (χ3v) is 7.75. The smallest absolute Gasteiger partial charge is 0.417 e. The Balaban J connectivity index is 1.68. The van der Waals surface area contributed by atoms with E-state index < -0.39 is 53.0 Å². The summed E-state index contributed by atoms with van der Waals surface area (Å²) in [4.78, 5) is 33.6. The molecule has 39 heavy (non-hydrogen) atoms. The largest absolute Gasteiger partial charge is 0.493 e. The number of amides is 2. The molecule has 1 N–H and O–H groups in total. The SMILES string of the molecule is COc1c([C@H]2[C@H](C(=O)Nc3ccnc(N4C[C@H](C)N(C)CC4=O)c3)O[C@@](C)(C(F)(F)F)[C@H]2C)ccc(F)c1F. The van der Waals surface area contributed by atoms with Crippen molar-refractivity contribution in [3.05, 3.63) is 47.7 Å². The molecule has 0 radical (unpaired) electrons. The predicted octanol–water partition coefficient (Wildman–Crippen LogP) is 4.11. The Morgan fingerprint density at radius 2 is 1.92 bits per heavy atom. The van der Waals surface area contributed by atoms with Crippen molar-refractivity contribution < 1.29 is 41.0 Å². The van der Waals surface area contributed by atoms with Gasteiger partial charge in [0, 0.05) is 47.9 Å². The van der Waals surface area contributed by atoms with Gasteiger partial charge in [-0.25, -0.2) is 9.37 Å². The molecule has 1 aromatic heterocycles. The maximum atomic E-state index is 14.5. The predicted molar refractivity (Wildman–Crippen MR) is 131 cm³/mol. The number of nitrogens with zero attached hydrogens (tertiary/aromatic N) is 3. The van der Waals surface area contributed by atoms with E-state index in [-0.39, 0.29) is 35.6 Å². The first-order chi connectivity index (χ1) is 18.2. The summed E-state index contributed by atoms with van der Waals surface area (Å²) < 4.78 is 81.3. The van der Waals surface area contributed by atoms with Crippen LogP contribution >= 0.6 is 0 Å². The highest BCUT2D eigenvalue weighted by atomic mass is 19.4. The van der Waals surface area contributed by atoms with Crippen LogP contribution in [0.3, 0.4) is 0 Å². The molecule has 2 aliphatic rings. The first-order valence-corrected chi connectivity index (χ1v) is 12.2. The fraction of sp³-hybridized carbons (Fsp3) is 0.500. The van der Waals surface area contributed by atoms with E-state index in [1.165, 1.54) is 30.2 Å². The molecule has 1 aromatic carbocycles. The van der Waals surface area contributed by atoms with Gasteiger partial charge in [-0.2, -0.15) is 17.6 Å². The lowest BCUT2D eigenvalue weighted by Gasteiger charge is -2.36. The summed E-state index contributed by atoms with van der Waals surface area (Å²) >= 11 is 0. The Hall–Kier alpha value is -3.32. The lowest BCUT2D eigenvalue weighted by atomic mass is 9.77. The van der Waals surface area contributed by atoms with Gasteiger partial charge in [-0.1, -0.05) is 13.0 Å². The Bertz CT molecular complexity index is 1280. The summed E-state index contributed by atoms with van der Waals surface area (Å²) in [5, 5.41) is 2.54. The number of aromatic nitrogens is 1. The van der Waals surface area contributed by atoms with Gasteiger partial charge in [0.15, 0.2) is 17.2 Å². The van der Waals surface area contributed by atoms with Gasteiger partial charge in [0.25, 0.3) is 5.91 Å². The monoisotopic (exact) mass is 556 g/mol. The number of halogens is 5. The number of hydrogen-bond acceptors (Lipinski definition) is 6. The van der Waals surface area contributed by atoms with E-state index >= 15 is 0 Å². The molecule has 2 amide bonds. The van der Waals surface area contributed by atoms with Crippen molar-refractivity contribution in [1.82, 2.24) is 9.88 Å². The maximum absolute atomic E-state index is 14.5. The van der Waals surface area contributed by atoms with Crippen LogP contribution in [0.25, 0.3) is 0 Å². The van der Waals surface area contributed by atoms with E-state index in [4.69, 9.17) is 9.47 Å². The van der Waals surface area contributed by atoms with Crippen LogP contribution in [0.4, 0.5) is 33.5 Å². The number of piperazine rings is 1. The van der Waals surface area contributed by atoms with Crippen molar-refractivity contribution in [2.45, 2.75) is 50.6 Å². The molecule has 5 atom stereocenters. The molecule has 3 heterocycles. The van der Waals surface area contributed by atoms with E-state index in [1.807, 2.05) is 18.9 Å². The van der Waals surface area contributed by atoms with Gasteiger partial charge >= 0.3 is 6.18 Å². The number of likely N-dealkylation sites (N-methyl/N-ethyl adjacent to an activating group) is 1. The zero-order valence-corrected chi connectivity index (χ0v) is 22.0. The van der Waals surface area contributed by atoms with Crippen LogP contribution in [0.5, 0.6) is 5.75 Å². The van der Waals surface area contributed by atoms with Gasteiger partial charge in [0.05, 0.1) is 13.7 Å².